The number of amides is 1. The zero-order valence-electron chi connectivity index (χ0n) is 13.3. The van der Waals surface area contributed by atoms with E-state index >= 15 is 0 Å². The van der Waals surface area contributed by atoms with E-state index in [-0.39, 0.29) is 18.1 Å². The Labute approximate surface area is 131 Å². The molecule has 0 saturated carbocycles. The Hall–Kier alpha value is -1.79. The van der Waals surface area contributed by atoms with E-state index in [4.69, 9.17) is 14.2 Å². The number of benzene rings is 1. The second-order valence-electron chi connectivity index (χ2n) is 5.51. The summed E-state index contributed by atoms with van der Waals surface area (Å²) in [6.07, 6.45) is 0.385. The van der Waals surface area contributed by atoms with Crippen LogP contribution in [0.3, 0.4) is 0 Å². The molecule has 1 heterocycles. The molecular formula is C16H24N2O4. The van der Waals surface area contributed by atoms with Gasteiger partial charge in [0.15, 0.2) is 0 Å². The van der Waals surface area contributed by atoms with Crippen LogP contribution in [-0.2, 0) is 9.53 Å². The van der Waals surface area contributed by atoms with Gasteiger partial charge in [0.1, 0.15) is 11.5 Å². The molecule has 1 fully saturated rings. The molecule has 2 N–H and O–H groups in total. The standard InChI is InChI=1S/C16H24N2O4/c1-11(2)22-15-5-4-13(20-3)9-14(15)18-16(19)8-12-10-21-7-6-17-12/h4-5,9,11-12,17H,6-8,10H2,1-3H3,(H,18,19). The maximum atomic E-state index is 12.2. The van der Waals surface area contributed by atoms with E-state index < -0.39 is 0 Å². The molecular weight excluding hydrogens is 284 g/mol. The summed E-state index contributed by atoms with van der Waals surface area (Å²) >= 11 is 0. The quantitative estimate of drug-likeness (QED) is 0.839. The normalized spacial score (nSPS) is 18.1. The molecule has 6 heteroatoms. The van der Waals surface area contributed by atoms with Gasteiger partial charge < -0.3 is 24.8 Å². The average molecular weight is 308 g/mol. The van der Waals surface area contributed by atoms with Crippen LogP contribution in [0.15, 0.2) is 18.2 Å². The van der Waals surface area contributed by atoms with Gasteiger partial charge in [-0.05, 0) is 26.0 Å². The minimum absolute atomic E-state index is 0.0254. The highest BCUT2D eigenvalue weighted by molar-refractivity contribution is 5.93. The van der Waals surface area contributed by atoms with Crippen LogP contribution < -0.4 is 20.1 Å². The number of hydrogen-bond acceptors (Lipinski definition) is 5. The lowest BCUT2D eigenvalue weighted by Crippen LogP contribution is -2.43. The summed E-state index contributed by atoms with van der Waals surface area (Å²) in [6.45, 7) is 5.91. The number of hydrogen-bond donors (Lipinski definition) is 2. The monoisotopic (exact) mass is 308 g/mol. The van der Waals surface area contributed by atoms with Gasteiger partial charge in [-0.2, -0.15) is 0 Å². The number of rotatable bonds is 6. The smallest absolute Gasteiger partial charge is 0.226 e. The van der Waals surface area contributed by atoms with E-state index in [1.165, 1.54) is 0 Å². The van der Waals surface area contributed by atoms with Crippen LogP contribution in [0.4, 0.5) is 5.69 Å². The fourth-order valence-corrected chi connectivity index (χ4v) is 2.27. The molecule has 1 atom stereocenters. The van der Waals surface area contributed by atoms with Crippen molar-refractivity contribution >= 4 is 11.6 Å². The lowest BCUT2D eigenvalue weighted by Gasteiger charge is -2.23. The first-order valence-corrected chi connectivity index (χ1v) is 7.54. The van der Waals surface area contributed by atoms with Gasteiger partial charge in [-0.3, -0.25) is 4.79 Å². The van der Waals surface area contributed by atoms with E-state index in [1.54, 1.807) is 19.2 Å². The van der Waals surface area contributed by atoms with Crippen LogP contribution in [-0.4, -0.2) is 44.9 Å². The second kappa shape index (κ2) is 8.00. The van der Waals surface area contributed by atoms with Gasteiger partial charge in [-0.25, -0.2) is 0 Å². The van der Waals surface area contributed by atoms with Gasteiger partial charge in [-0.1, -0.05) is 0 Å². The number of anilines is 1. The highest BCUT2D eigenvalue weighted by Crippen LogP contribution is 2.30. The molecule has 1 aromatic rings. The maximum Gasteiger partial charge on any atom is 0.226 e. The third kappa shape index (κ3) is 4.89. The van der Waals surface area contributed by atoms with Crippen molar-refractivity contribution in [2.75, 3.05) is 32.2 Å². The summed E-state index contributed by atoms with van der Waals surface area (Å²) in [5.74, 6) is 1.23. The largest absolute Gasteiger partial charge is 0.497 e. The van der Waals surface area contributed by atoms with Gasteiger partial charge >= 0.3 is 0 Å². The minimum Gasteiger partial charge on any atom is -0.497 e. The molecule has 0 spiro atoms. The molecule has 0 bridgehead atoms. The zero-order valence-corrected chi connectivity index (χ0v) is 13.3. The molecule has 1 saturated heterocycles. The first kappa shape index (κ1) is 16.6. The molecule has 22 heavy (non-hydrogen) atoms. The number of carbonyl (C=O) groups excluding carboxylic acids is 1. The van der Waals surface area contributed by atoms with Crippen molar-refractivity contribution in [1.82, 2.24) is 5.32 Å². The number of methoxy groups -OCH3 is 1. The zero-order chi connectivity index (χ0) is 15.9. The highest BCUT2D eigenvalue weighted by Gasteiger charge is 2.18. The van der Waals surface area contributed by atoms with Crippen molar-refractivity contribution in [2.45, 2.75) is 32.4 Å². The Bertz CT molecular complexity index is 499. The molecule has 6 nitrogen and oxygen atoms in total. The van der Waals surface area contributed by atoms with Crippen LogP contribution in [0.5, 0.6) is 11.5 Å². The summed E-state index contributed by atoms with van der Waals surface area (Å²) in [7, 11) is 1.59. The predicted octanol–water partition coefficient (Wildman–Crippen LogP) is 1.80. The average Bonchev–Trinajstić information content (AvgIpc) is 2.49. The van der Waals surface area contributed by atoms with Crippen molar-refractivity contribution in [3.63, 3.8) is 0 Å². The van der Waals surface area contributed by atoms with E-state index in [9.17, 15) is 4.79 Å². The van der Waals surface area contributed by atoms with Crippen molar-refractivity contribution in [1.29, 1.82) is 0 Å². The van der Waals surface area contributed by atoms with E-state index in [0.717, 1.165) is 6.54 Å². The SMILES string of the molecule is COc1ccc(OC(C)C)c(NC(=O)CC2COCCN2)c1. The lowest BCUT2D eigenvalue weighted by atomic mass is 10.2. The van der Waals surface area contributed by atoms with Crippen molar-refractivity contribution in [3.05, 3.63) is 18.2 Å². The number of morpholine rings is 1. The van der Waals surface area contributed by atoms with Crippen LogP contribution in [0, 0.1) is 0 Å². The Kier molecular flexibility index (Phi) is 6.03. The van der Waals surface area contributed by atoms with Crippen LogP contribution >= 0.6 is 0 Å². The minimum atomic E-state index is -0.0788. The molecule has 1 aromatic carbocycles. The topological polar surface area (TPSA) is 68.8 Å². The van der Waals surface area contributed by atoms with E-state index in [1.807, 2.05) is 19.9 Å². The fraction of sp³-hybridized carbons (Fsp3) is 0.562. The third-order valence-corrected chi connectivity index (χ3v) is 3.25. The first-order valence-electron chi connectivity index (χ1n) is 7.54. The Morgan fingerprint density at radius 3 is 2.95 bits per heavy atom. The summed E-state index contributed by atoms with van der Waals surface area (Å²) in [5.41, 5.74) is 0.620. The van der Waals surface area contributed by atoms with Gasteiger partial charge in [-0.15, -0.1) is 0 Å². The molecule has 0 aliphatic carbocycles. The highest BCUT2D eigenvalue weighted by atomic mass is 16.5. The van der Waals surface area contributed by atoms with Crippen molar-refractivity contribution < 1.29 is 19.0 Å². The Balaban J connectivity index is 2.03. The number of ether oxygens (including phenoxy) is 3. The summed E-state index contributed by atoms with van der Waals surface area (Å²) in [5, 5.41) is 6.16. The third-order valence-electron chi connectivity index (χ3n) is 3.25. The molecule has 122 valence electrons. The van der Waals surface area contributed by atoms with Gasteiger partial charge in [0.05, 0.1) is 32.1 Å². The molecule has 1 aliphatic heterocycles. The summed E-state index contributed by atoms with van der Waals surface area (Å²) in [6, 6.07) is 5.43. The first-order chi connectivity index (χ1) is 10.6. The molecule has 1 unspecified atom stereocenters. The van der Waals surface area contributed by atoms with E-state index in [2.05, 4.69) is 10.6 Å². The van der Waals surface area contributed by atoms with Crippen LogP contribution in [0.2, 0.25) is 0 Å². The molecule has 2 rings (SSSR count). The number of nitrogens with one attached hydrogen (secondary N) is 2. The van der Waals surface area contributed by atoms with Crippen LogP contribution in [0.25, 0.3) is 0 Å². The molecule has 1 amide bonds. The maximum absolute atomic E-state index is 12.2. The molecule has 0 radical (unpaired) electrons. The Morgan fingerprint density at radius 1 is 1.50 bits per heavy atom. The van der Waals surface area contributed by atoms with Gasteiger partial charge in [0.25, 0.3) is 0 Å². The van der Waals surface area contributed by atoms with Gasteiger partial charge in [0.2, 0.25) is 5.91 Å². The second-order valence-corrected chi connectivity index (χ2v) is 5.51. The van der Waals surface area contributed by atoms with E-state index in [0.29, 0.717) is 36.8 Å². The van der Waals surface area contributed by atoms with Gasteiger partial charge in [0, 0.05) is 25.1 Å². The lowest BCUT2D eigenvalue weighted by molar-refractivity contribution is -0.117. The van der Waals surface area contributed by atoms with Crippen molar-refractivity contribution in [2.24, 2.45) is 0 Å². The van der Waals surface area contributed by atoms with Crippen LogP contribution in [0.1, 0.15) is 20.3 Å². The Morgan fingerprint density at radius 2 is 2.32 bits per heavy atom. The fourth-order valence-electron chi connectivity index (χ4n) is 2.27. The summed E-state index contributed by atoms with van der Waals surface area (Å²) in [4.78, 5) is 12.2. The summed E-state index contributed by atoms with van der Waals surface area (Å²) < 4.78 is 16.3. The molecule has 0 aromatic heterocycles. The number of carbonyl (C=O) groups is 1. The predicted molar refractivity (Wildman–Crippen MR) is 84.6 cm³/mol. The molecule has 1 aliphatic rings. The van der Waals surface area contributed by atoms with Crippen molar-refractivity contribution in [3.8, 4) is 11.5 Å².